The van der Waals surface area contributed by atoms with E-state index < -0.39 is 0 Å². The van der Waals surface area contributed by atoms with E-state index in [0.717, 1.165) is 50.5 Å². The molecular weight excluding hydrogens is 284 g/mol. The number of fused-ring (bicyclic) bond motifs is 1. The van der Waals surface area contributed by atoms with Crippen molar-refractivity contribution in [3.8, 4) is 0 Å². The molecule has 0 spiro atoms. The molecule has 0 bridgehead atoms. The minimum Gasteiger partial charge on any atom is -0.339 e. The maximum absolute atomic E-state index is 12.7. The van der Waals surface area contributed by atoms with Crippen LogP contribution in [0.25, 0.3) is 0 Å². The van der Waals surface area contributed by atoms with Crippen LogP contribution in [0, 0.1) is 5.92 Å². The number of nitrogens with one attached hydrogen (secondary N) is 1. The lowest BCUT2D eigenvalue weighted by atomic mass is 9.98. The van der Waals surface area contributed by atoms with Crippen LogP contribution in [0.4, 0.5) is 0 Å². The lowest BCUT2D eigenvalue weighted by Crippen LogP contribution is -2.32. The molecule has 3 nitrogen and oxygen atoms in total. The lowest BCUT2D eigenvalue weighted by molar-refractivity contribution is 0.0760. The van der Waals surface area contributed by atoms with Crippen LogP contribution >= 0.6 is 12.4 Å². The molecule has 21 heavy (non-hydrogen) atoms. The van der Waals surface area contributed by atoms with E-state index in [1.54, 1.807) is 0 Å². The molecule has 1 N–H and O–H groups in total. The molecule has 3 rings (SSSR count). The second-order valence-corrected chi connectivity index (χ2v) is 6.08. The molecule has 0 radical (unpaired) electrons. The highest BCUT2D eigenvalue weighted by Gasteiger charge is 2.22. The monoisotopic (exact) mass is 308 g/mol. The molecule has 4 heteroatoms. The summed E-state index contributed by atoms with van der Waals surface area (Å²) >= 11 is 0. The lowest BCUT2D eigenvalue weighted by Gasteiger charge is -2.21. The van der Waals surface area contributed by atoms with Crippen molar-refractivity contribution in [1.29, 1.82) is 0 Å². The fourth-order valence-corrected chi connectivity index (χ4v) is 3.39. The van der Waals surface area contributed by atoms with Gasteiger partial charge in [-0.05, 0) is 48.4 Å². The minimum atomic E-state index is 0. The van der Waals surface area contributed by atoms with Crippen molar-refractivity contribution >= 4 is 18.3 Å². The number of hydrogen-bond acceptors (Lipinski definition) is 2. The molecule has 1 fully saturated rings. The van der Waals surface area contributed by atoms with Gasteiger partial charge in [-0.1, -0.05) is 19.4 Å². The van der Waals surface area contributed by atoms with E-state index in [2.05, 4.69) is 29.3 Å². The highest BCUT2D eigenvalue weighted by molar-refractivity contribution is 5.94. The van der Waals surface area contributed by atoms with Gasteiger partial charge >= 0.3 is 0 Å². The number of hydrogen-bond donors (Lipinski definition) is 1. The fraction of sp³-hybridized carbons (Fsp3) is 0.588. The number of likely N-dealkylation sites (tertiary alicyclic amines) is 1. The first-order valence-corrected chi connectivity index (χ1v) is 7.89. The van der Waals surface area contributed by atoms with Crippen LogP contribution in [0.5, 0.6) is 0 Å². The van der Waals surface area contributed by atoms with Gasteiger partial charge in [0.2, 0.25) is 0 Å². The number of benzene rings is 1. The number of carbonyl (C=O) groups is 1. The molecule has 0 aliphatic carbocycles. The van der Waals surface area contributed by atoms with E-state index in [-0.39, 0.29) is 18.3 Å². The second-order valence-electron chi connectivity index (χ2n) is 6.08. The first-order valence-electron chi connectivity index (χ1n) is 7.89. The smallest absolute Gasteiger partial charge is 0.253 e. The Morgan fingerprint density at radius 1 is 1.24 bits per heavy atom. The third kappa shape index (κ3) is 3.58. The summed E-state index contributed by atoms with van der Waals surface area (Å²) in [4.78, 5) is 14.7. The molecular formula is C17H25ClN2O. The van der Waals surface area contributed by atoms with Gasteiger partial charge in [0.25, 0.3) is 5.91 Å². The zero-order chi connectivity index (χ0) is 13.9. The van der Waals surface area contributed by atoms with E-state index in [4.69, 9.17) is 0 Å². The van der Waals surface area contributed by atoms with Crippen LogP contribution in [0.3, 0.4) is 0 Å². The largest absolute Gasteiger partial charge is 0.339 e. The summed E-state index contributed by atoms with van der Waals surface area (Å²) in [6.07, 6.45) is 4.83. The highest BCUT2D eigenvalue weighted by Crippen LogP contribution is 2.23. The van der Waals surface area contributed by atoms with Crippen molar-refractivity contribution < 1.29 is 4.79 Å². The molecule has 1 aromatic rings. The molecule has 1 saturated heterocycles. The van der Waals surface area contributed by atoms with Gasteiger partial charge < -0.3 is 10.2 Å². The third-order valence-electron chi connectivity index (χ3n) is 4.80. The average Bonchev–Trinajstić information content (AvgIpc) is 2.81. The summed E-state index contributed by atoms with van der Waals surface area (Å²) in [6.45, 7) is 5.94. The van der Waals surface area contributed by atoms with Crippen LogP contribution in [0.15, 0.2) is 18.2 Å². The summed E-state index contributed by atoms with van der Waals surface area (Å²) in [5, 5.41) is 3.33. The zero-order valence-electron chi connectivity index (χ0n) is 12.7. The van der Waals surface area contributed by atoms with Crippen molar-refractivity contribution in [3.63, 3.8) is 0 Å². The predicted molar refractivity (Wildman–Crippen MR) is 87.8 cm³/mol. The molecule has 1 unspecified atom stereocenters. The Labute approximate surface area is 133 Å². The van der Waals surface area contributed by atoms with E-state index in [9.17, 15) is 4.79 Å². The van der Waals surface area contributed by atoms with Gasteiger partial charge in [0, 0.05) is 31.7 Å². The zero-order valence-corrected chi connectivity index (χ0v) is 13.5. The van der Waals surface area contributed by atoms with Crippen molar-refractivity contribution in [1.82, 2.24) is 10.2 Å². The van der Waals surface area contributed by atoms with Gasteiger partial charge in [-0.15, -0.1) is 12.4 Å². The summed E-state index contributed by atoms with van der Waals surface area (Å²) in [5.74, 6) is 1.02. The number of nitrogens with zero attached hydrogens (tertiary/aromatic N) is 1. The predicted octanol–water partition coefficient (Wildman–Crippen LogP) is 3.36. The normalized spacial score (nSPS) is 21.4. The van der Waals surface area contributed by atoms with Crippen molar-refractivity contribution in [2.75, 3.05) is 13.1 Å². The Bertz CT molecular complexity index is 504. The SMILES string of the molecule is CCC1CCCN(C(=O)c2ccc3c(c2)CNC3)CC1.Cl. The fourth-order valence-electron chi connectivity index (χ4n) is 3.39. The van der Waals surface area contributed by atoms with Crippen molar-refractivity contribution in [3.05, 3.63) is 34.9 Å². The van der Waals surface area contributed by atoms with Gasteiger partial charge in [0.1, 0.15) is 0 Å². The Morgan fingerprint density at radius 3 is 2.86 bits per heavy atom. The van der Waals surface area contributed by atoms with Crippen LogP contribution in [0.1, 0.15) is 54.1 Å². The number of amides is 1. The molecule has 0 aromatic heterocycles. The molecule has 2 aliphatic heterocycles. The minimum absolute atomic E-state index is 0. The summed E-state index contributed by atoms with van der Waals surface area (Å²) in [7, 11) is 0. The Kier molecular flexibility index (Phi) is 5.65. The van der Waals surface area contributed by atoms with E-state index in [0.29, 0.717) is 0 Å². The number of rotatable bonds is 2. The molecule has 0 saturated carbocycles. The molecule has 116 valence electrons. The van der Waals surface area contributed by atoms with E-state index in [1.165, 1.54) is 24.0 Å². The van der Waals surface area contributed by atoms with Crippen LogP contribution in [-0.4, -0.2) is 23.9 Å². The molecule has 1 aromatic carbocycles. The molecule has 1 atom stereocenters. The van der Waals surface area contributed by atoms with Gasteiger partial charge in [0.05, 0.1) is 0 Å². The maximum atomic E-state index is 12.7. The number of halogens is 1. The quantitative estimate of drug-likeness (QED) is 0.908. The summed E-state index contributed by atoms with van der Waals surface area (Å²) < 4.78 is 0. The van der Waals surface area contributed by atoms with Gasteiger partial charge in [-0.25, -0.2) is 0 Å². The first kappa shape index (κ1) is 16.3. The van der Waals surface area contributed by atoms with E-state index >= 15 is 0 Å². The van der Waals surface area contributed by atoms with Crippen LogP contribution < -0.4 is 5.32 Å². The maximum Gasteiger partial charge on any atom is 0.253 e. The van der Waals surface area contributed by atoms with E-state index in [1.807, 2.05) is 6.07 Å². The number of carbonyl (C=O) groups excluding carboxylic acids is 1. The summed E-state index contributed by atoms with van der Waals surface area (Å²) in [6, 6.07) is 6.19. The molecule has 2 heterocycles. The topological polar surface area (TPSA) is 32.3 Å². The Balaban J connectivity index is 0.00000161. The van der Waals surface area contributed by atoms with Crippen molar-refractivity contribution in [2.45, 2.75) is 45.7 Å². The van der Waals surface area contributed by atoms with Gasteiger partial charge in [-0.2, -0.15) is 0 Å². The molecule has 2 aliphatic rings. The molecule has 1 amide bonds. The van der Waals surface area contributed by atoms with Crippen LogP contribution in [-0.2, 0) is 13.1 Å². The van der Waals surface area contributed by atoms with Crippen LogP contribution in [0.2, 0.25) is 0 Å². The standard InChI is InChI=1S/C17H24N2O.ClH/c1-2-13-4-3-8-19(9-7-13)17(20)14-5-6-15-11-18-12-16(15)10-14;/h5-6,10,13,18H,2-4,7-9,11-12H2,1H3;1H. The first-order chi connectivity index (χ1) is 9.78. The Hall–Kier alpha value is -1.06. The second kappa shape index (κ2) is 7.28. The van der Waals surface area contributed by atoms with Gasteiger partial charge in [-0.3, -0.25) is 4.79 Å². The van der Waals surface area contributed by atoms with Crippen molar-refractivity contribution in [2.24, 2.45) is 5.92 Å². The van der Waals surface area contributed by atoms with Gasteiger partial charge in [0.15, 0.2) is 0 Å². The third-order valence-corrected chi connectivity index (χ3v) is 4.80. The summed E-state index contributed by atoms with van der Waals surface area (Å²) in [5.41, 5.74) is 3.49. The highest BCUT2D eigenvalue weighted by atomic mass is 35.5. The average molecular weight is 309 g/mol. The Morgan fingerprint density at radius 2 is 2.05 bits per heavy atom.